The van der Waals surface area contributed by atoms with E-state index in [1.54, 1.807) is 31.2 Å². The molecule has 0 aliphatic carbocycles. The SMILES string of the molecule is Cc1nn(-c2ccc3c(O)cc(SOOO)cc3c2)c(O)c1/N=N/c1ccc(S(=O)(=O)O)cc1. The molecule has 1 aromatic heterocycles. The van der Waals surface area contributed by atoms with E-state index in [2.05, 4.69) is 24.7 Å². The van der Waals surface area contributed by atoms with Gasteiger partial charge in [-0.25, -0.2) is 5.26 Å². The van der Waals surface area contributed by atoms with Crippen LogP contribution in [-0.4, -0.2) is 38.2 Å². The van der Waals surface area contributed by atoms with E-state index in [0.717, 1.165) is 0 Å². The van der Waals surface area contributed by atoms with Gasteiger partial charge in [-0.05, 0) is 66.9 Å². The van der Waals surface area contributed by atoms with Crippen molar-refractivity contribution in [2.24, 2.45) is 10.2 Å². The number of aryl methyl sites for hydroxylation is 1. The largest absolute Gasteiger partial charge is 0.507 e. The normalized spacial score (nSPS) is 12.1. The molecule has 12 nitrogen and oxygen atoms in total. The summed E-state index contributed by atoms with van der Waals surface area (Å²) < 4.78 is 37.0. The monoisotopic (exact) mass is 504 g/mol. The van der Waals surface area contributed by atoms with E-state index in [9.17, 15) is 18.6 Å². The highest BCUT2D eigenvalue weighted by Gasteiger charge is 2.17. The highest BCUT2D eigenvalue weighted by Crippen LogP contribution is 2.36. The van der Waals surface area contributed by atoms with Crippen LogP contribution >= 0.6 is 12.0 Å². The van der Waals surface area contributed by atoms with Crippen molar-refractivity contribution in [3.05, 3.63) is 60.3 Å². The molecule has 176 valence electrons. The number of aromatic nitrogens is 2. The number of hydrogen-bond donors (Lipinski definition) is 4. The molecule has 0 aliphatic rings. The lowest BCUT2D eigenvalue weighted by Gasteiger charge is -2.08. The van der Waals surface area contributed by atoms with Gasteiger partial charge in [-0.2, -0.15) is 23.3 Å². The number of azo groups is 1. The molecule has 0 amide bonds. The summed E-state index contributed by atoms with van der Waals surface area (Å²) in [5.41, 5.74) is 1.23. The maximum absolute atomic E-state index is 11.1. The van der Waals surface area contributed by atoms with E-state index in [-0.39, 0.29) is 22.2 Å². The fourth-order valence-electron chi connectivity index (χ4n) is 3.14. The molecule has 4 N–H and O–H groups in total. The number of aromatic hydroxyl groups is 2. The third-order valence-electron chi connectivity index (χ3n) is 4.70. The molecule has 1 heterocycles. The van der Waals surface area contributed by atoms with Crippen molar-refractivity contribution in [3.63, 3.8) is 0 Å². The Labute approximate surface area is 196 Å². The average molecular weight is 505 g/mol. The zero-order valence-electron chi connectivity index (χ0n) is 17.2. The Balaban J connectivity index is 1.67. The van der Waals surface area contributed by atoms with Crippen LogP contribution in [0, 0.1) is 6.92 Å². The summed E-state index contributed by atoms with van der Waals surface area (Å²) in [7, 11) is -4.32. The summed E-state index contributed by atoms with van der Waals surface area (Å²) in [5, 5.41) is 46.3. The van der Waals surface area contributed by atoms with Crippen LogP contribution in [0.1, 0.15) is 5.69 Å². The number of rotatable bonds is 7. The molecule has 4 aromatic rings. The van der Waals surface area contributed by atoms with E-state index in [0.29, 0.717) is 44.8 Å². The average Bonchev–Trinajstić information content (AvgIpc) is 3.08. The summed E-state index contributed by atoms with van der Waals surface area (Å²) in [5.74, 6) is -0.314. The molecule has 14 heteroatoms. The van der Waals surface area contributed by atoms with E-state index in [4.69, 9.17) is 9.81 Å². The summed E-state index contributed by atoms with van der Waals surface area (Å²) >= 11 is 0.689. The Kier molecular flexibility index (Phi) is 6.52. The van der Waals surface area contributed by atoms with Gasteiger partial charge in [-0.15, -0.1) is 9.45 Å². The second kappa shape index (κ2) is 9.38. The van der Waals surface area contributed by atoms with E-state index >= 15 is 0 Å². The highest BCUT2D eigenvalue weighted by atomic mass is 32.2. The van der Waals surface area contributed by atoms with Gasteiger partial charge in [-0.1, -0.05) is 5.04 Å². The molecule has 4 rings (SSSR count). The van der Waals surface area contributed by atoms with Crippen molar-refractivity contribution in [2.75, 3.05) is 0 Å². The second-order valence-corrected chi connectivity index (χ2v) is 9.11. The first kappa shape index (κ1) is 23.6. The zero-order valence-corrected chi connectivity index (χ0v) is 18.9. The molecule has 34 heavy (non-hydrogen) atoms. The third kappa shape index (κ3) is 4.86. The predicted octanol–water partition coefficient (Wildman–Crippen LogP) is 4.84. The topological polar surface area (TPSA) is 176 Å². The van der Waals surface area contributed by atoms with Crippen molar-refractivity contribution in [2.45, 2.75) is 16.7 Å². The van der Waals surface area contributed by atoms with Crippen LogP contribution in [0.3, 0.4) is 0 Å². The van der Waals surface area contributed by atoms with Gasteiger partial charge in [-0.3, -0.25) is 4.55 Å². The van der Waals surface area contributed by atoms with Crippen molar-refractivity contribution in [1.82, 2.24) is 9.78 Å². The Morgan fingerprint density at radius 1 is 1.03 bits per heavy atom. The first-order valence-corrected chi connectivity index (χ1v) is 11.6. The fraction of sp³-hybridized carbons (Fsp3) is 0.0500. The maximum Gasteiger partial charge on any atom is 0.294 e. The third-order valence-corrected chi connectivity index (χ3v) is 6.12. The van der Waals surface area contributed by atoms with Crippen LogP contribution in [0.25, 0.3) is 16.5 Å². The number of phenolic OH excluding ortho intramolecular Hbond substituents is 1. The number of phenols is 1. The summed E-state index contributed by atoms with van der Waals surface area (Å²) in [6, 6.07) is 13.1. The van der Waals surface area contributed by atoms with E-state index < -0.39 is 10.1 Å². The van der Waals surface area contributed by atoms with Gasteiger partial charge in [0.1, 0.15) is 5.75 Å². The maximum atomic E-state index is 11.1. The van der Waals surface area contributed by atoms with Gasteiger partial charge < -0.3 is 10.2 Å². The van der Waals surface area contributed by atoms with Gasteiger partial charge in [0.05, 0.1) is 34.0 Å². The molecule has 0 bridgehead atoms. The van der Waals surface area contributed by atoms with Crippen LogP contribution in [0.2, 0.25) is 0 Å². The summed E-state index contributed by atoms with van der Waals surface area (Å²) in [4.78, 5) is 0.171. The first-order valence-electron chi connectivity index (χ1n) is 9.37. The standard InChI is InChI=1S/C20H16N4O8S2/c1-11-19(22-21-13-2-5-16(6-3-13)34(28,29)30)20(26)24(23-11)14-4-7-17-12(8-14)9-15(10-18(17)25)33-32-31-27/h2-10,25-27H,1H3,(H,28,29,30)/b22-21+. The Bertz CT molecular complexity index is 1500. The van der Waals surface area contributed by atoms with Crippen molar-refractivity contribution in [1.29, 1.82) is 0 Å². The smallest absolute Gasteiger partial charge is 0.294 e. The molecule has 0 spiro atoms. The minimum absolute atomic E-state index is 0.0246. The predicted molar refractivity (Wildman–Crippen MR) is 120 cm³/mol. The Morgan fingerprint density at radius 3 is 2.44 bits per heavy atom. The van der Waals surface area contributed by atoms with Crippen LogP contribution in [0.4, 0.5) is 11.4 Å². The lowest BCUT2D eigenvalue weighted by atomic mass is 10.1. The van der Waals surface area contributed by atoms with Crippen LogP contribution in [-0.2, 0) is 19.5 Å². The molecule has 0 unspecified atom stereocenters. The van der Waals surface area contributed by atoms with Crippen LogP contribution in [0.15, 0.2) is 74.6 Å². The van der Waals surface area contributed by atoms with Crippen LogP contribution in [0.5, 0.6) is 11.6 Å². The van der Waals surface area contributed by atoms with Gasteiger partial charge in [0, 0.05) is 10.3 Å². The number of benzene rings is 3. The van der Waals surface area contributed by atoms with Gasteiger partial charge in [0.2, 0.25) is 5.88 Å². The molecule has 0 aliphatic heterocycles. The van der Waals surface area contributed by atoms with E-state index in [1.807, 2.05) is 0 Å². The number of fused-ring (bicyclic) bond motifs is 1. The molecule has 3 aromatic carbocycles. The molecule has 0 fully saturated rings. The Hall–Kier alpha value is -3.53. The fourth-order valence-corrected chi connectivity index (χ4v) is 4.06. The molecular formula is C20H16N4O8S2. The van der Waals surface area contributed by atoms with Crippen LogP contribution < -0.4 is 0 Å². The summed E-state index contributed by atoms with van der Waals surface area (Å²) in [6.45, 7) is 1.62. The molecule has 0 atom stereocenters. The second-order valence-electron chi connectivity index (χ2n) is 6.91. The zero-order chi connectivity index (χ0) is 24.5. The van der Waals surface area contributed by atoms with Crippen molar-refractivity contribution >= 4 is 44.3 Å². The molecular weight excluding hydrogens is 488 g/mol. The highest BCUT2D eigenvalue weighted by molar-refractivity contribution is 7.94. The lowest BCUT2D eigenvalue weighted by Crippen LogP contribution is -1.96. The van der Waals surface area contributed by atoms with Crippen molar-refractivity contribution < 1.29 is 37.8 Å². The molecule has 0 radical (unpaired) electrons. The van der Waals surface area contributed by atoms with E-state index in [1.165, 1.54) is 35.0 Å². The number of nitrogens with zero attached hydrogens (tertiary/aromatic N) is 4. The van der Waals surface area contributed by atoms with Gasteiger partial charge in [0.25, 0.3) is 10.1 Å². The van der Waals surface area contributed by atoms with Gasteiger partial charge in [0.15, 0.2) is 5.69 Å². The molecule has 0 saturated carbocycles. The Morgan fingerprint density at radius 2 is 1.76 bits per heavy atom. The quantitative estimate of drug-likeness (QED) is 0.0895. The first-order chi connectivity index (χ1) is 16.2. The molecule has 0 saturated heterocycles. The lowest BCUT2D eigenvalue weighted by molar-refractivity contribution is -0.432. The summed E-state index contributed by atoms with van der Waals surface area (Å²) in [6.07, 6.45) is 0. The number of hydrogen-bond acceptors (Lipinski definition) is 11. The van der Waals surface area contributed by atoms with Gasteiger partial charge >= 0.3 is 0 Å². The minimum atomic E-state index is -4.32. The van der Waals surface area contributed by atoms with Crippen molar-refractivity contribution in [3.8, 4) is 17.3 Å². The minimum Gasteiger partial charge on any atom is -0.507 e.